The van der Waals surface area contributed by atoms with Crippen LogP contribution in [0.1, 0.15) is 39.5 Å². The van der Waals surface area contributed by atoms with Crippen LogP contribution in [0.25, 0.3) is 0 Å². The summed E-state index contributed by atoms with van der Waals surface area (Å²) < 4.78 is 5.96. The van der Waals surface area contributed by atoms with Gasteiger partial charge in [-0.25, -0.2) is 0 Å². The van der Waals surface area contributed by atoms with Gasteiger partial charge in [-0.3, -0.25) is 10.1 Å². The normalized spacial score (nSPS) is 44.2. The van der Waals surface area contributed by atoms with E-state index in [0.717, 1.165) is 25.3 Å². The number of amides is 1. The minimum absolute atomic E-state index is 0.149. The number of nitrogens with zero attached hydrogens (tertiary/aromatic N) is 1. The van der Waals surface area contributed by atoms with Gasteiger partial charge in [0.2, 0.25) is 5.91 Å². The number of piperidine rings is 1. The molecule has 0 aromatic heterocycles. The molecule has 0 aromatic rings. The molecule has 1 amide bonds. The van der Waals surface area contributed by atoms with Gasteiger partial charge in [0.15, 0.2) is 0 Å². The summed E-state index contributed by atoms with van der Waals surface area (Å²) in [6, 6.07) is 1.11. The van der Waals surface area contributed by atoms with Gasteiger partial charge in [0.05, 0.1) is 12.2 Å². The fourth-order valence-electron chi connectivity index (χ4n) is 4.11. The van der Waals surface area contributed by atoms with Gasteiger partial charge in [-0.15, -0.1) is 0 Å². The summed E-state index contributed by atoms with van der Waals surface area (Å²) in [5, 5.41) is 3.39. The molecule has 4 rings (SSSR count). The van der Waals surface area contributed by atoms with E-state index >= 15 is 0 Å². The molecule has 106 valence electrons. The molecule has 2 aliphatic carbocycles. The van der Waals surface area contributed by atoms with E-state index < -0.39 is 0 Å². The van der Waals surface area contributed by atoms with Crippen molar-refractivity contribution in [2.24, 2.45) is 11.8 Å². The van der Waals surface area contributed by atoms with Gasteiger partial charge in [-0.1, -0.05) is 0 Å². The van der Waals surface area contributed by atoms with Gasteiger partial charge < -0.3 is 9.64 Å². The topological polar surface area (TPSA) is 51.5 Å². The third kappa shape index (κ3) is 2.09. The van der Waals surface area contributed by atoms with Crippen LogP contribution in [-0.4, -0.2) is 47.7 Å². The first-order valence-electron chi connectivity index (χ1n) is 7.85. The lowest BCUT2D eigenvalue weighted by atomic mass is 10.0. The van der Waals surface area contributed by atoms with Crippen molar-refractivity contribution in [3.63, 3.8) is 0 Å². The third-order valence-corrected chi connectivity index (χ3v) is 5.22. The van der Waals surface area contributed by atoms with Crippen molar-refractivity contribution in [1.29, 1.82) is 0 Å². The number of hydrogen-bond acceptors (Lipinski definition) is 3. The van der Waals surface area contributed by atoms with Crippen LogP contribution in [0.4, 0.5) is 0 Å². The second-order valence-electron chi connectivity index (χ2n) is 7.11. The van der Waals surface area contributed by atoms with Crippen LogP contribution in [0.5, 0.6) is 0 Å². The molecule has 2 heterocycles. The molecule has 5 atom stereocenters. The molecule has 1 unspecified atom stereocenters. The van der Waals surface area contributed by atoms with E-state index in [-0.39, 0.29) is 6.04 Å². The highest BCUT2D eigenvalue weighted by Crippen LogP contribution is 2.43. The molecule has 4 aliphatic rings. The van der Waals surface area contributed by atoms with E-state index in [2.05, 4.69) is 24.1 Å². The van der Waals surface area contributed by atoms with Crippen molar-refractivity contribution < 1.29 is 9.53 Å². The minimum Gasteiger partial charge on any atom is -0.375 e. The fourth-order valence-corrected chi connectivity index (χ4v) is 4.11. The third-order valence-electron chi connectivity index (χ3n) is 5.22. The summed E-state index contributed by atoms with van der Waals surface area (Å²) in [7, 11) is 0. The van der Waals surface area contributed by atoms with Crippen LogP contribution < -0.4 is 5.32 Å². The molecule has 0 spiro atoms. The fraction of sp³-hybridized carbons (Fsp3) is 0.933. The molecule has 2 saturated heterocycles. The van der Waals surface area contributed by atoms with Gasteiger partial charge >= 0.3 is 0 Å². The highest BCUT2D eigenvalue weighted by Gasteiger charge is 2.55. The standard InChI is InChI=1S/C15H24N2O2/c1-8(2)19-12-6-11-5-10(12)7-17(11)15(18)14-13(16-14)9-3-4-9/h8-14,16H,3-7H2,1-2H3/t10-,11-,12?,13-,14+/m0/s1. The monoisotopic (exact) mass is 264 g/mol. The molecule has 2 bridgehead atoms. The zero-order valence-corrected chi connectivity index (χ0v) is 11.8. The van der Waals surface area contributed by atoms with Crippen molar-refractivity contribution in [2.75, 3.05) is 6.54 Å². The molecular formula is C15H24N2O2. The lowest BCUT2D eigenvalue weighted by Crippen LogP contribution is -2.45. The zero-order chi connectivity index (χ0) is 13.1. The maximum atomic E-state index is 12.5. The second-order valence-corrected chi connectivity index (χ2v) is 7.11. The van der Waals surface area contributed by atoms with E-state index in [0.29, 0.717) is 36.1 Å². The zero-order valence-electron chi connectivity index (χ0n) is 11.8. The van der Waals surface area contributed by atoms with E-state index in [4.69, 9.17) is 4.74 Å². The smallest absolute Gasteiger partial charge is 0.241 e. The Morgan fingerprint density at radius 1 is 1.26 bits per heavy atom. The van der Waals surface area contributed by atoms with Gasteiger partial charge in [-0.05, 0) is 45.4 Å². The van der Waals surface area contributed by atoms with Crippen LogP contribution in [0, 0.1) is 11.8 Å². The summed E-state index contributed by atoms with van der Waals surface area (Å²) in [5.74, 6) is 1.74. The van der Waals surface area contributed by atoms with Gasteiger partial charge in [0.25, 0.3) is 0 Å². The lowest BCUT2D eigenvalue weighted by molar-refractivity contribution is -0.134. The Morgan fingerprint density at radius 2 is 2.05 bits per heavy atom. The van der Waals surface area contributed by atoms with E-state index in [1.165, 1.54) is 12.8 Å². The molecule has 1 N–H and O–H groups in total. The predicted molar refractivity (Wildman–Crippen MR) is 71.7 cm³/mol. The van der Waals surface area contributed by atoms with Crippen molar-refractivity contribution >= 4 is 5.91 Å². The molecule has 0 radical (unpaired) electrons. The summed E-state index contributed by atoms with van der Waals surface area (Å²) >= 11 is 0. The number of ether oxygens (including phenoxy) is 1. The van der Waals surface area contributed by atoms with Crippen molar-refractivity contribution in [3.05, 3.63) is 0 Å². The first-order valence-corrected chi connectivity index (χ1v) is 7.85. The first-order chi connectivity index (χ1) is 9.13. The predicted octanol–water partition coefficient (Wildman–Crippen LogP) is 1.15. The molecule has 19 heavy (non-hydrogen) atoms. The lowest BCUT2D eigenvalue weighted by Gasteiger charge is -2.32. The van der Waals surface area contributed by atoms with Crippen LogP contribution in [0.3, 0.4) is 0 Å². The Hall–Kier alpha value is -0.610. The summed E-state index contributed by atoms with van der Waals surface area (Å²) in [6.07, 6.45) is 5.54. The SMILES string of the molecule is CC(C)OC1C[C@@H]2C[C@H]1CN2C(=O)[C@@H]1N[C@H]1C1CC1. The number of carbonyl (C=O) groups is 1. The average molecular weight is 264 g/mol. The number of nitrogens with one attached hydrogen (secondary N) is 1. The molecular weight excluding hydrogens is 240 g/mol. The quantitative estimate of drug-likeness (QED) is 0.775. The Bertz CT molecular complexity index is 394. The molecule has 4 fully saturated rings. The van der Waals surface area contributed by atoms with Crippen LogP contribution in [-0.2, 0) is 9.53 Å². The number of carbonyl (C=O) groups excluding carboxylic acids is 1. The van der Waals surface area contributed by atoms with Crippen LogP contribution in [0.2, 0.25) is 0 Å². The Labute approximate surface area is 114 Å². The molecule has 4 heteroatoms. The Balaban J connectivity index is 1.34. The highest BCUT2D eigenvalue weighted by molar-refractivity contribution is 5.86. The van der Waals surface area contributed by atoms with E-state index in [1.54, 1.807) is 0 Å². The molecule has 2 saturated carbocycles. The van der Waals surface area contributed by atoms with Crippen molar-refractivity contribution in [1.82, 2.24) is 10.2 Å². The van der Waals surface area contributed by atoms with E-state index in [1.807, 2.05) is 0 Å². The largest absolute Gasteiger partial charge is 0.375 e. The number of likely N-dealkylation sites (tertiary alicyclic amines) is 1. The summed E-state index contributed by atoms with van der Waals surface area (Å²) in [6.45, 7) is 5.13. The van der Waals surface area contributed by atoms with Crippen molar-refractivity contribution in [3.8, 4) is 0 Å². The number of rotatable bonds is 4. The second kappa shape index (κ2) is 4.19. The van der Waals surface area contributed by atoms with E-state index in [9.17, 15) is 4.79 Å². The Kier molecular flexibility index (Phi) is 2.68. The molecule has 2 aliphatic heterocycles. The maximum absolute atomic E-state index is 12.5. The van der Waals surface area contributed by atoms with Gasteiger partial charge in [0, 0.05) is 24.5 Å². The molecule has 4 nitrogen and oxygen atoms in total. The number of hydrogen-bond donors (Lipinski definition) is 1. The highest BCUT2D eigenvalue weighted by atomic mass is 16.5. The maximum Gasteiger partial charge on any atom is 0.241 e. The minimum atomic E-state index is 0.149. The Morgan fingerprint density at radius 3 is 2.63 bits per heavy atom. The molecule has 0 aromatic carbocycles. The van der Waals surface area contributed by atoms with Crippen LogP contribution in [0.15, 0.2) is 0 Å². The number of fused-ring (bicyclic) bond motifs is 2. The summed E-state index contributed by atoms with van der Waals surface area (Å²) in [4.78, 5) is 14.6. The van der Waals surface area contributed by atoms with Gasteiger partial charge in [-0.2, -0.15) is 0 Å². The van der Waals surface area contributed by atoms with Crippen LogP contribution >= 0.6 is 0 Å². The summed E-state index contributed by atoms with van der Waals surface area (Å²) in [5.41, 5.74) is 0. The van der Waals surface area contributed by atoms with Crippen molar-refractivity contribution in [2.45, 2.75) is 69.9 Å². The van der Waals surface area contributed by atoms with Gasteiger partial charge in [0.1, 0.15) is 6.04 Å². The average Bonchev–Trinajstić information content (AvgIpc) is 3.23. The first kappa shape index (κ1) is 12.2.